The van der Waals surface area contributed by atoms with Gasteiger partial charge in [-0.15, -0.1) is 0 Å². The second-order valence-corrected chi connectivity index (χ2v) is 12.8. The van der Waals surface area contributed by atoms with Crippen molar-refractivity contribution in [2.24, 2.45) is 10.6 Å². The fourth-order valence-corrected chi connectivity index (χ4v) is 4.88. The molecular weight excluding hydrogens is 591 g/mol. The molecular formula is C28H34F3N5O6S. The molecule has 11 nitrogen and oxygen atoms in total. The van der Waals surface area contributed by atoms with Crippen LogP contribution in [0, 0.1) is 5.41 Å². The Labute approximate surface area is 247 Å². The number of nitrogens with one attached hydrogen (secondary N) is 4. The second kappa shape index (κ2) is 13.1. The zero-order chi connectivity index (χ0) is 32.2. The number of anilines is 1. The summed E-state index contributed by atoms with van der Waals surface area (Å²) < 4.78 is 62.9. The van der Waals surface area contributed by atoms with E-state index < -0.39 is 75.0 Å². The summed E-state index contributed by atoms with van der Waals surface area (Å²) in [6.45, 7) is 4.22. The number of hydrogen-bond acceptors (Lipinski definition) is 6. The number of halogens is 3. The number of rotatable bonds is 8. The number of alkyl halides is 3. The predicted octanol–water partition coefficient (Wildman–Crippen LogP) is 2.92. The summed E-state index contributed by atoms with van der Waals surface area (Å²) in [4.78, 5) is 50.7. The highest BCUT2D eigenvalue weighted by atomic mass is 32.2. The number of amides is 4. The summed E-state index contributed by atoms with van der Waals surface area (Å²) in [5, 5.41) is 15.4. The molecule has 1 saturated carbocycles. The van der Waals surface area contributed by atoms with E-state index in [0.29, 0.717) is 18.9 Å². The molecule has 2 atom stereocenters. The highest BCUT2D eigenvalue weighted by Crippen LogP contribution is 2.32. The molecule has 15 heteroatoms. The van der Waals surface area contributed by atoms with E-state index in [4.69, 9.17) is 5.14 Å². The molecule has 0 aliphatic heterocycles. The van der Waals surface area contributed by atoms with Crippen LogP contribution in [0.25, 0.3) is 0 Å². The summed E-state index contributed by atoms with van der Waals surface area (Å²) in [6.07, 6.45) is -2.15. The molecule has 0 bridgehead atoms. The third-order valence-electron chi connectivity index (χ3n) is 6.80. The quantitative estimate of drug-likeness (QED) is 0.301. The monoisotopic (exact) mass is 625 g/mol. The molecule has 0 aromatic heterocycles. The number of primary sulfonamides is 1. The Morgan fingerprint density at radius 3 is 2.00 bits per heavy atom. The van der Waals surface area contributed by atoms with Gasteiger partial charge in [0.25, 0.3) is 11.8 Å². The van der Waals surface area contributed by atoms with E-state index in [9.17, 15) is 40.8 Å². The van der Waals surface area contributed by atoms with Crippen molar-refractivity contribution in [3.63, 3.8) is 0 Å². The second-order valence-electron chi connectivity index (χ2n) is 11.3. The Hall–Kier alpha value is -3.98. The molecule has 0 radical (unpaired) electrons. The third kappa shape index (κ3) is 9.25. The van der Waals surface area contributed by atoms with E-state index in [1.807, 2.05) is 0 Å². The molecule has 0 heterocycles. The molecule has 6 N–H and O–H groups in total. The van der Waals surface area contributed by atoms with Gasteiger partial charge in [0.15, 0.2) is 0 Å². The van der Waals surface area contributed by atoms with Crippen molar-refractivity contribution in [1.82, 2.24) is 16.0 Å². The van der Waals surface area contributed by atoms with Crippen LogP contribution < -0.4 is 26.4 Å². The van der Waals surface area contributed by atoms with Gasteiger partial charge >= 0.3 is 6.18 Å². The summed E-state index contributed by atoms with van der Waals surface area (Å²) >= 11 is 0. The molecule has 0 saturated heterocycles. The number of hydrogen-bond donors (Lipinski definition) is 5. The molecule has 1 fully saturated rings. The normalized spacial score (nSPS) is 17.5. The van der Waals surface area contributed by atoms with E-state index in [-0.39, 0.29) is 16.1 Å². The summed E-state index contributed by atoms with van der Waals surface area (Å²) in [7, 11) is -3.92. The number of benzene rings is 2. The van der Waals surface area contributed by atoms with Crippen molar-refractivity contribution in [2.45, 2.75) is 69.6 Å². The van der Waals surface area contributed by atoms with Gasteiger partial charge in [-0.25, -0.2) is 13.6 Å². The van der Waals surface area contributed by atoms with Crippen LogP contribution >= 0.6 is 0 Å². The van der Waals surface area contributed by atoms with Crippen LogP contribution in [0.15, 0.2) is 47.4 Å². The zero-order valence-electron chi connectivity index (χ0n) is 23.8. The van der Waals surface area contributed by atoms with E-state index >= 15 is 0 Å². The molecule has 0 unspecified atom stereocenters. The molecule has 234 valence electrons. The van der Waals surface area contributed by atoms with E-state index in [0.717, 1.165) is 25.0 Å². The van der Waals surface area contributed by atoms with Gasteiger partial charge in [0, 0.05) is 23.1 Å². The number of carbonyl (C=O) groups excluding carboxylic acids is 4. The highest BCUT2D eigenvalue weighted by Gasteiger charge is 2.33. The molecule has 2 aromatic carbocycles. The molecule has 1 aliphatic carbocycles. The van der Waals surface area contributed by atoms with Crippen molar-refractivity contribution in [3.8, 4) is 0 Å². The lowest BCUT2D eigenvalue weighted by molar-refractivity contribution is -0.137. The maximum absolute atomic E-state index is 13.3. The van der Waals surface area contributed by atoms with Crippen LogP contribution in [0.2, 0.25) is 0 Å². The fourth-order valence-electron chi connectivity index (χ4n) is 4.36. The maximum Gasteiger partial charge on any atom is 0.416 e. The third-order valence-corrected chi connectivity index (χ3v) is 7.73. The zero-order valence-corrected chi connectivity index (χ0v) is 24.6. The van der Waals surface area contributed by atoms with Gasteiger partial charge < -0.3 is 21.3 Å². The van der Waals surface area contributed by atoms with Crippen molar-refractivity contribution in [2.75, 3.05) is 11.9 Å². The first-order chi connectivity index (χ1) is 19.9. The molecule has 2 aromatic rings. The SMILES string of the molecule is CC(C)(C)C(=O)Nc1ccc(C(F)(F)F)cc1C(=O)NCC(=O)N[C@@H]1CCCC[C@@H]1NC(=O)c1ccc(S(N)(=O)=O)cc1. The Morgan fingerprint density at radius 1 is 0.884 bits per heavy atom. The lowest BCUT2D eigenvalue weighted by Gasteiger charge is -2.33. The minimum Gasteiger partial charge on any atom is -0.350 e. The van der Waals surface area contributed by atoms with E-state index in [2.05, 4.69) is 21.3 Å². The predicted molar refractivity (Wildman–Crippen MR) is 151 cm³/mol. The van der Waals surface area contributed by atoms with Gasteiger partial charge in [0.1, 0.15) is 0 Å². The Balaban J connectivity index is 1.66. The average Bonchev–Trinajstić information content (AvgIpc) is 2.91. The summed E-state index contributed by atoms with van der Waals surface area (Å²) in [5.74, 6) is -2.65. The molecule has 0 spiro atoms. The standard InChI is InChI=1S/C28H34F3N5O6S/c1-27(2,3)26(40)36-20-13-10-17(28(29,30)31)14-19(20)25(39)33-15-23(37)34-21-6-4-5-7-22(21)35-24(38)16-8-11-18(12-9-16)43(32,41)42/h8-14,21-22H,4-7,15H2,1-3H3,(H,33,39)(H,34,37)(H,35,38)(H,36,40)(H2,32,41,42)/t21-,22+/m1/s1. The fraction of sp³-hybridized carbons (Fsp3) is 0.429. The number of nitrogens with two attached hydrogens (primary N) is 1. The van der Waals surface area contributed by atoms with E-state index in [1.54, 1.807) is 20.8 Å². The number of sulfonamides is 1. The van der Waals surface area contributed by atoms with Gasteiger partial charge in [-0.2, -0.15) is 13.2 Å². The first kappa shape index (κ1) is 33.5. The van der Waals surface area contributed by atoms with Gasteiger partial charge in [0.05, 0.1) is 28.3 Å². The Bertz CT molecular complexity index is 1490. The smallest absolute Gasteiger partial charge is 0.350 e. The lowest BCUT2D eigenvalue weighted by Crippen LogP contribution is -2.54. The molecule has 1 aliphatic rings. The largest absolute Gasteiger partial charge is 0.416 e. The lowest BCUT2D eigenvalue weighted by atomic mass is 9.90. The first-order valence-corrected chi connectivity index (χ1v) is 14.9. The minimum absolute atomic E-state index is 0.141. The van der Waals surface area contributed by atoms with Crippen LogP contribution in [-0.2, 0) is 25.8 Å². The molecule has 43 heavy (non-hydrogen) atoms. The van der Waals surface area contributed by atoms with Crippen LogP contribution in [0.3, 0.4) is 0 Å². The first-order valence-electron chi connectivity index (χ1n) is 13.4. The number of carbonyl (C=O) groups is 4. The maximum atomic E-state index is 13.3. The van der Waals surface area contributed by atoms with Crippen molar-refractivity contribution in [3.05, 3.63) is 59.2 Å². The Kier molecular flexibility index (Phi) is 10.2. The van der Waals surface area contributed by atoms with Crippen LogP contribution in [0.5, 0.6) is 0 Å². The van der Waals surface area contributed by atoms with Crippen molar-refractivity contribution >= 4 is 39.3 Å². The van der Waals surface area contributed by atoms with Crippen molar-refractivity contribution < 1.29 is 40.8 Å². The Morgan fingerprint density at radius 2 is 1.47 bits per heavy atom. The van der Waals surface area contributed by atoms with Crippen LogP contribution in [0.1, 0.15) is 72.7 Å². The van der Waals surface area contributed by atoms with Gasteiger partial charge in [0.2, 0.25) is 21.8 Å². The molecule has 3 rings (SSSR count). The van der Waals surface area contributed by atoms with Crippen LogP contribution in [-0.4, -0.2) is 50.7 Å². The topological polar surface area (TPSA) is 177 Å². The summed E-state index contributed by atoms with van der Waals surface area (Å²) in [5.41, 5.74) is -2.41. The van der Waals surface area contributed by atoms with Gasteiger partial charge in [-0.3, -0.25) is 19.2 Å². The van der Waals surface area contributed by atoms with Gasteiger partial charge in [-0.1, -0.05) is 33.6 Å². The average molecular weight is 626 g/mol. The van der Waals surface area contributed by atoms with Crippen molar-refractivity contribution in [1.29, 1.82) is 0 Å². The summed E-state index contributed by atoms with van der Waals surface area (Å²) in [6, 6.07) is 6.40. The minimum atomic E-state index is -4.75. The molecule has 4 amide bonds. The van der Waals surface area contributed by atoms with Gasteiger partial charge in [-0.05, 0) is 55.3 Å². The highest BCUT2D eigenvalue weighted by molar-refractivity contribution is 7.89. The van der Waals surface area contributed by atoms with E-state index in [1.165, 1.54) is 24.3 Å². The van der Waals surface area contributed by atoms with Crippen LogP contribution in [0.4, 0.5) is 18.9 Å².